The molecule has 0 bridgehead atoms. The van der Waals surface area contributed by atoms with Crippen LogP contribution in [0.5, 0.6) is 0 Å². The number of aromatic nitrogens is 1. The number of aryl methyl sites for hydroxylation is 2. The molecule has 2 N–H and O–H groups in total. The summed E-state index contributed by atoms with van der Waals surface area (Å²) in [6, 6.07) is 20.4. The predicted molar refractivity (Wildman–Crippen MR) is 156 cm³/mol. The van der Waals surface area contributed by atoms with Gasteiger partial charge in [0.25, 0.3) is 0 Å². The Hall–Kier alpha value is -4.12. The van der Waals surface area contributed by atoms with E-state index < -0.39 is 5.97 Å². The summed E-state index contributed by atoms with van der Waals surface area (Å²) >= 11 is 0. The Bertz CT molecular complexity index is 1180. The molecule has 1 aromatic heterocycles. The molecule has 0 saturated heterocycles. The van der Waals surface area contributed by atoms with Crippen molar-refractivity contribution >= 4 is 23.9 Å². The highest BCUT2D eigenvalue weighted by Crippen LogP contribution is 2.15. The first-order chi connectivity index (χ1) is 17.7. The number of hydrogen-bond acceptors (Lipinski definition) is 3. The van der Waals surface area contributed by atoms with E-state index in [0.29, 0.717) is 12.2 Å². The summed E-state index contributed by atoms with van der Waals surface area (Å²) in [6.45, 7) is 14.1. The number of Topliss-reactive ketones (excluding diaryl/α,β-unsaturated/α-hetero) is 1. The lowest BCUT2D eigenvalue weighted by molar-refractivity contribution is -0.135. The van der Waals surface area contributed by atoms with Gasteiger partial charge in [-0.15, -0.1) is 0 Å². The third-order valence-electron chi connectivity index (χ3n) is 4.93. The maximum atomic E-state index is 12.9. The van der Waals surface area contributed by atoms with Gasteiger partial charge in [-0.2, -0.15) is 0 Å². The van der Waals surface area contributed by atoms with Gasteiger partial charge in [-0.1, -0.05) is 98.7 Å². The maximum Gasteiger partial charge on any atom is 0.322 e. The summed E-state index contributed by atoms with van der Waals surface area (Å²) in [4.78, 5) is 22.5. The van der Waals surface area contributed by atoms with Crippen LogP contribution in [0.3, 0.4) is 0 Å². The van der Waals surface area contributed by atoms with Crippen molar-refractivity contribution in [2.24, 2.45) is 0 Å². The minimum atomic E-state index is -0.875. The molecule has 0 radical (unpaired) electrons. The molecule has 3 aromatic rings. The SMILES string of the molecule is C/C(=C\c1ccc(C)cc1)C(=O)c1cccn1C/C=C/c1cccc(C)c1.C=CNCC(=O)O.CCC. The van der Waals surface area contributed by atoms with Crippen LogP contribution in [-0.4, -0.2) is 28.0 Å². The third-order valence-corrected chi connectivity index (χ3v) is 4.93. The minimum Gasteiger partial charge on any atom is -0.480 e. The largest absolute Gasteiger partial charge is 0.480 e. The lowest BCUT2D eigenvalue weighted by Crippen LogP contribution is -2.15. The second kappa shape index (κ2) is 17.3. The fourth-order valence-electron chi connectivity index (χ4n) is 3.20. The lowest BCUT2D eigenvalue weighted by Gasteiger charge is -2.07. The van der Waals surface area contributed by atoms with Gasteiger partial charge >= 0.3 is 5.97 Å². The molecular weight excluding hydrogens is 460 g/mol. The molecule has 0 fully saturated rings. The molecule has 0 saturated carbocycles. The van der Waals surface area contributed by atoms with E-state index in [9.17, 15) is 9.59 Å². The monoisotopic (exact) mass is 500 g/mol. The van der Waals surface area contributed by atoms with Gasteiger partial charge in [-0.3, -0.25) is 9.59 Å². The molecule has 0 aliphatic rings. The van der Waals surface area contributed by atoms with E-state index in [1.54, 1.807) is 0 Å². The number of rotatable bonds is 9. The van der Waals surface area contributed by atoms with Gasteiger partial charge in [0.1, 0.15) is 6.54 Å². The molecule has 0 spiro atoms. The fraction of sp³-hybridized carbons (Fsp3) is 0.250. The number of carbonyl (C=O) groups excluding carboxylic acids is 1. The molecule has 0 aliphatic heterocycles. The Labute approximate surface area is 221 Å². The highest BCUT2D eigenvalue weighted by molar-refractivity contribution is 6.10. The van der Waals surface area contributed by atoms with Crippen LogP contribution in [0.25, 0.3) is 12.2 Å². The molecule has 0 atom stereocenters. The summed E-state index contributed by atoms with van der Waals surface area (Å²) in [5.74, 6) is -0.815. The molecule has 0 amide bonds. The van der Waals surface area contributed by atoms with Gasteiger partial charge in [0, 0.05) is 12.7 Å². The molecule has 37 heavy (non-hydrogen) atoms. The highest BCUT2D eigenvalue weighted by atomic mass is 16.4. The zero-order chi connectivity index (χ0) is 27.6. The van der Waals surface area contributed by atoms with Gasteiger partial charge in [0.05, 0.1) is 5.69 Å². The Balaban J connectivity index is 0.000000584. The van der Waals surface area contributed by atoms with E-state index in [-0.39, 0.29) is 12.3 Å². The molecule has 196 valence electrons. The van der Waals surface area contributed by atoms with Crippen LogP contribution in [0.1, 0.15) is 59.9 Å². The number of nitrogens with one attached hydrogen (secondary N) is 1. The smallest absolute Gasteiger partial charge is 0.322 e. The topological polar surface area (TPSA) is 71.3 Å². The van der Waals surface area contributed by atoms with Crippen LogP contribution in [0.2, 0.25) is 0 Å². The first-order valence-corrected chi connectivity index (χ1v) is 12.5. The lowest BCUT2D eigenvalue weighted by atomic mass is 10.1. The molecule has 2 aromatic carbocycles. The molecular formula is C32H40N2O3. The number of benzene rings is 2. The van der Waals surface area contributed by atoms with Crippen LogP contribution in [0.15, 0.2) is 91.3 Å². The van der Waals surface area contributed by atoms with E-state index in [1.807, 2.05) is 48.0 Å². The number of aliphatic carboxylic acids is 1. The maximum absolute atomic E-state index is 12.9. The quantitative estimate of drug-likeness (QED) is 0.238. The van der Waals surface area contributed by atoms with E-state index in [1.165, 1.54) is 29.3 Å². The fourth-order valence-corrected chi connectivity index (χ4v) is 3.20. The zero-order valence-electron chi connectivity index (χ0n) is 22.7. The van der Waals surface area contributed by atoms with E-state index in [0.717, 1.165) is 11.1 Å². The Morgan fingerprint density at radius 3 is 2.22 bits per heavy atom. The van der Waals surface area contributed by atoms with Gasteiger partial charge in [-0.25, -0.2) is 0 Å². The molecule has 3 rings (SSSR count). The number of carboxylic acids is 1. The Morgan fingerprint density at radius 2 is 1.65 bits per heavy atom. The van der Waals surface area contributed by atoms with E-state index in [4.69, 9.17) is 5.11 Å². The molecule has 0 unspecified atom stereocenters. The minimum absolute atomic E-state index is 0.0521. The summed E-state index contributed by atoms with van der Waals surface area (Å²) in [7, 11) is 0. The van der Waals surface area contributed by atoms with Crippen molar-refractivity contribution in [1.82, 2.24) is 9.88 Å². The van der Waals surface area contributed by atoms with Crippen molar-refractivity contribution in [2.75, 3.05) is 6.54 Å². The van der Waals surface area contributed by atoms with Crippen molar-refractivity contribution < 1.29 is 14.7 Å². The number of nitrogens with zero attached hydrogens (tertiary/aromatic N) is 1. The van der Waals surface area contributed by atoms with Gasteiger partial charge in [0.15, 0.2) is 0 Å². The van der Waals surface area contributed by atoms with Crippen molar-refractivity contribution in [2.45, 2.75) is 47.6 Å². The van der Waals surface area contributed by atoms with Crippen molar-refractivity contribution in [1.29, 1.82) is 0 Å². The molecule has 0 aliphatic carbocycles. The molecule has 5 nitrogen and oxygen atoms in total. The second-order valence-electron chi connectivity index (χ2n) is 8.62. The zero-order valence-corrected chi connectivity index (χ0v) is 22.7. The van der Waals surface area contributed by atoms with Crippen LogP contribution < -0.4 is 5.32 Å². The number of carbonyl (C=O) groups is 2. The molecule has 1 heterocycles. The van der Waals surface area contributed by atoms with Crippen LogP contribution >= 0.6 is 0 Å². The standard InChI is InChI=1S/C25H25NO.C4H7NO2.C3H8/c1-19-11-13-23(14-12-19)18-21(3)25(27)24-10-6-16-26(24)15-5-9-22-8-4-7-20(2)17-22;1-2-5-3-4(6)7;1-3-2/h4-14,16-18H,15H2,1-3H3;2,5H,1,3H2,(H,6,7);3H2,1-2H3/b9-5+,21-18+;;. The van der Waals surface area contributed by atoms with Gasteiger partial charge < -0.3 is 15.0 Å². The Morgan fingerprint density at radius 1 is 0.973 bits per heavy atom. The first-order valence-electron chi connectivity index (χ1n) is 12.5. The number of ketones is 1. The van der Waals surface area contributed by atoms with Crippen LogP contribution in [0.4, 0.5) is 0 Å². The first kappa shape index (κ1) is 30.9. The summed E-state index contributed by atoms with van der Waals surface area (Å²) in [5, 5.41) is 10.3. The van der Waals surface area contributed by atoms with Gasteiger partial charge in [-0.05, 0) is 61.9 Å². The van der Waals surface area contributed by atoms with E-state index >= 15 is 0 Å². The highest BCUT2D eigenvalue weighted by Gasteiger charge is 2.12. The predicted octanol–water partition coefficient (Wildman–Crippen LogP) is 7.32. The summed E-state index contributed by atoms with van der Waals surface area (Å²) in [5.41, 5.74) is 6.12. The number of carboxylic acid groups (broad SMARTS) is 1. The third kappa shape index (κ3) is 12.4. The van der Waals surface area contributed by atoms with Gasteiger partial charge in [0.2, 0.25) is 5.78 Å². The molecule has 5 heteroatoms. The summed E-state index contributed by atoms with van der Waals surface area (Å²) in [6.07, 6.45) is 10.7. The van der Waals surface area contributed by atoms with E-state index in [2.05, 4.69) is 88.1 Å². The van der Waals surface area contributed by atoms with Crippen molar-refractivity contribution in [3.8, 4) is 0 Å². The number of allylic oxidation sites excluding steroid dienone is 2. The van der Waals surface area contributed by atoms with Crippen molar-refractivity contribution in [3.05, 3.63) is 119 Å². The van der Waals surface area contributed by atoms with Crippen molar-refractivity contribution in [3.63, 3.8) is 0 Å². The average molecular weight is 501 g/mol. The Kier molecular flexibility index (Phi) is 14.5. The number of hydrogen-bond donors (Lipinski definition) is 2. The van der Waals surface area contributed by atoms with Crippen LogP contribution in [0, 0.1) is 13.8 Å². The normalized spacial score (nSPS) is 10.6. The average Bonchev–Trinajstić information content (AvgIpc) is 3.33. The van der Waals surface area contributed by atoms with Crippen LogP contribution in [-0.2, 0) is 11.3 Å². The second-order valence-corrected chi connectivity index (χ2v) is 8.62. The summed E-state index contributed by atoms with van der Waals surface area (Å²) < 4.78 is 1.99.